The van der Waals surface area contributed by atoms with Crippen molar-refractivity contribution in [3.63, 3.8) is 0 Å². The van der Waals surface area contributed by atoms with Crippen LogP contribution in [0.25, 0.3) is 0 Å². The van der Waals surface area contributed by atoms with Gasteiger partial charge in [-0.05, 0) is 35.2 Å². The minimum absolute atomic E-state index is 0.0550. The van der Waals surface area contributed by atoms with Gasteiger partial charge in [0.1, 0.15) is 22.8 Å². The summed E-state index contributed by atoms with van der Waals surface area (Å²) in [5.74, 6) is 0.861. The quantitative estimate of drug-likeness (QED) is 0.837. The molecule has 1 amide bonds. The normalized spacial score (nSPS) is 20.1. The molecular weight excluding hydrogens is 284 g/mol. The Hall–Kier alpha value is -1.17. The Kier molecular flexibility index (Phi) is 3.93. The second-order valence-corrected chi connectivity index (χ2v) is 4.83. The summed E-state index contributed by atoms with van der Waals surface area (Å²) in [6.07, 6.45) is 4.56. The van der Waals surface area contributed by atoms with Crippen LogP contribution in [-0.2, 0) is 4.79 Å². The fourth-order valence-corrected chi connectivity index (χ4v) is 2.42. The predicted molar refractivity (Wildman–Crippen MR) is 68.8 cm³/mol. The number of piperidine rings is 1. The molecule has 2 rings (SSSR count). The molecule has 1 fully saturated rings. The zero-order chi connectivity index (χ0) is 12.3. The maximum absolute atomic E-state index is 11.8. The van der Waals surface area contributed by atoms with Crippen molar-refractivity contribution in [3.8, 4) is 0 Å². The molecular formula is C11H15BrN4O. The first-order valence-corrected chi connectivity index (χ1v) is 6.47. The van der Waals surface area contributed by atoms with Crippen molar-refractivity contribution in [2.45, 2.75) is 25.3 Å². The third kappa shape index (κ3) is 2.74. The van der Waals surface area contributed by atoms with Gasteiger partial charge in [0.15, 0.2) is 0 Å². The van der Waals surface area contributed by atoms with Crippen molar-refractivity contribution in [1.82, 2.24) is 15.3 Å². The van der Waals surface area contributed by atoms with E-state index in [0.717, 1.165) is 36.2 Å². The lowest BCUT2D eigenvalue weighted by atomic mass is 10.0. The highest BCUT2D eigenvalue weighted by atomic mass is 79.9. The molecule has 0 saturated carbocycles. The van der Waals surface area contributed by atoms with E-state index in [1.54, 1.807) is 7.05 Å². The molecule has 1 N–H and O–H groups in total. The molecule has 1 aromatic rings. The van der Waals surface area contributed by atoms with E-state index in [0.29, 0.717) is 0 Å². The van der Waals surface area contributed by atoms with Gasteiger partial charge in [0.25, 0.3) is 0 Å². The van der Waals surface area contributed by atoms with Crippen LogP contribution in [0.1, 0.15) is 19.3 Å². The van der Waals surface area contributed by atoms with E-state index in [4.69, 9.17) is 0 Å². The molecule has 2 heterocycles. The zero-order valence-corrected chi connectivity index (χ0v) is 11.3. The SMILES string of the molecule is CNC(=O)C1CCCCN1c1cc(Br)ncn1. The number of rotatable bonds is 2. The zero-order valence-electron chi connectivity index (χ0n) is 9.69. The van der Waals surface area contributed by atoms with E-state index in [1.807, 2.05) is 6.07 Å². The Morgan fingerprint density at radius 2 is 2.35 bits per heavy atom. The van der Waals surface area contributed by atoms with E-state index in [2.05, 4.69) is 36.1 Å². The fraction of sp³-hybridized carbons (Fsp3) is 0.545. The third-order valence-corrected chi connectivity index (χ3v) is 3.40. The molecule has 17 heavy (non-hydrogen) atoms. The summed E-state index contributed by atoms with van der Waals surface area (Å²) in [6.45, 7) is 0.863. The smallest absolute Gasteiger partial charge is 0.242 e. The number of hydrogen-bond donors (Lipinski definition) is 1. The molecule has 1 aliphatic heterocycles. The second kappa shape index (κ2) is 5.44. The van der Waals surface area contributed by atoms with Gasteiger partial charge in [-0.25, -0.2) is 9.97 Å². The van der Waals surface area contributed by atoms with Crippen molar-refractivity contribution >= 4 is 27.7 Å². The summed E-state index contributed by atoms with van der Waals surface area (Å²) >= 11 is 3.32. The highest BCUT2D eigenvalue weighted by Crippen LogP contribution is 2.24. The number of aromatic nitrogens is 2. The van der Waals surface area contributed by atoms with E-state index in [-0.39, 0.29) is 11.9 Å². The van der Waals surface area contributed by atoms with Gasteiger partial charge in [0.05, 0.1) is 0 Å². The maximum Gasteiger partial charge on any atom is 0.242 e. The Labute approximate surface area is 109 Å². The monoisotopic (exact) mass is 298 g/mol. The minimum Gasteiger partial charge on any atom is -0.357 e. The Balaban J connectivity index is 2.24. The van der Waals surface area contributed by atoms with Gasteiger partial charge < -0.3 is 10.2 Å². The van der Waals surface area contributed by atoms with Crippen LogP contribution in [0.3, 0.4) is 0 Å². The number of nitrogens with one attached hydrogen (secondary N) is 1. The van der Waals surface area contributed by atoms with Gasteiger partial charge in [-0.3, -0.25) is 4.79 Å². The lowest BCUT2D eigenvalue weighted by Crippen LogP contribution is -2.49. The van der Waals surface area contributed by atoms with Crippen molar-refractivity contribution in [2.24, 2.45) is 0 Å². The topological polar surface area (TPSA) is 58.1 Å². The summed E-state index contributed by atoms with van der Waals surface area (Å²) in [6, 6.07) is 1.73. The Bertz CT molecular complexity index is 412. The predicted octanol–water partition coefficient (Wildman–Crippen LogP) is 1.34. The summed E-state index contributed by atoms with van der Waals surface area (Å²) in [7, 11) is 1.67. The lowest BCUT2D eigenvalue weighted by Gasteiger charge is -2.35. The van der Waals surface area contributed by atoms with Gasteiger partial charge in [0, 0.05) is 19.7 Å². The number of nitrogens with zero attached hydrogens (tertiary/aromatic N) is 3. The summed E-state index contributed by atoms with van der Waals surface area (Å²) in [5.41, 5.74) is 0. The van der Waals surface area contributed by atoms with Gasteiger partial charge >= 0.3 is 0 Å². The molecule has 92 valence electrons. The maximum atomic E-state index is 11.8. The number of hydrogen-bond acceptors (Lipinski definition) is 4. The number of amides is 1. The number of anilines is 1. The first-order chi connectivity index (χ1) is 8.22. The molecule has 0 bridgehead atoms. The molecule has 6 heteroatoms. The molecule has 0 spiro atoms. The molecule has 5 nitrogen and oxygen atoms in total. The van der Waals surface area contributed by atoms with Crippen molar-refractivity contribution in [3.05, 3.63) is 17.0 Å². The first-order valence-electron chi connectivity index (χ1n) is 5.68. The molecule has 1 aliphatic rings. The highest BCUT2D eigenvalue weighted by Gasteiger charge is 2.28. The molecule has 0 aromatic carbocycles. The van der Waals surface area contributed by atoms with Gasteiger partial charge in [-0.2, -0.15) is 0 Å². The standard InChI is InChI=1S/C11H15BrN4O/c1-13-11(17)8-4-2-3-5-16(8)10-6-9(12)14-7-15-10/h6-8H,2-5H2,1H3,(H,13,17). The number of halogens is 1. The fourth-order valence-electron chi connectivity index (χ4n) is 2.13. The number of carbonyl (C=O) groups is 1. The van der Waals surface area contributed by atoms with Crippen LogP contribution in [0.2, 0.25) is 0 Å². The van der Waals surface area contributed by atoms with Crippen LogP contribution in [0.5, 0.6) is 0 Å². The van der Waals surface area contributed by atoms with Crippen LogP contribution in [0.15, 0.2) is 17.0 Å². The van der Waals surface area contributed by atoms with Crippen LogP contribution in [-0.4, -0.2) is 35.5 Å². The average molecular weight is 299 g/mol. The molecule has 1 aromatic heterocycles. The summed E-state index contributed by atoms with van der Waals surface area (Å²) in [5, 5.41) is 2.71. The average Bonchev–Trinajstić information content (AvgIpc) is 2.38. The minimum atomic E-state index is -0.115. The first kappa shape index (κ1) is 12.3. The van der Waals surface area contributed by atoms with Crippen LogP contribution in [0.4, 0.5) is 5.82 Å². The Morgan fingerprint density at radius 1 is 1.53 bits per heavy atom. The molecule has 0 aliphatic carbocycles. The van der Waals surface area contributed by atoms with Gasteiger partial charge in [0.2, 0.25) is 5.91 Å². The Morgan fingerprint density at radius 3 is 3.06 bits per heavy atom. The lowest BCUT2D eigenvalue weighted by molar-refractivity contribution is -0.122. The van der Waals surface area contributed by atoms with Gasteiger partial charge in [-0.15, -0.1) is 0 Å². The largest absolute Gasteiger partial charge is 0.357 e. The number of likely N-dealkylation sites (N-methyl/N-ethyl adjacent to an activating group) is 1. The molecule has 0 radical (unpaired) electrons. The van der Waals surface area contributed by atoms with Crippen molar-refractivity contribution in [1.29, 1.82) is 0 Å². The third-order valence-electron chi connectivity index (χ3n) is 2.97. The van der Waals surface area contributed by atoms with E-state index < -0.39 is 0 Å². The second-order valence-electron chi connectivity index (χ2n) is 4.02. The molecule has 1 saturated heterocycles. The van der Waals surface area contributed by atoms with Crippen LogP contribution in [0, 0.1) is 0 Å². The van der Waals surface area contributed by atoms with E-state index >= 15 is 0 Å². The highest BCUT2D eigenvalue weighted by molar-refractivity contribution is 9.10. The number of carbonyl (C=O) groups excluding carboxylic acids is 1. The summed E-state index contributed by atoms with van der Waals surface area (Å²) < 4.78 is 0.740. The van der Waals surface area contributed by atoms with E-state index in [1.165, 1.54) is 6.33 Å². The molecule has 1 atom stereocenters. The van der Waals surface area contributed by atoms with Crippen LogP contribution >= 0.6 is 15.9 Å². The van der Waals surface area contributed by atoms with Crippen molar-refractivity contribution in [2.75, 3.05) is 18.5 Å². The van der Waals surface area contributed by atoms with E-state index in [9.17, 15) is 4.79 Å². The molecule has 1 unspecified atom stereocenters. The summed E-state index contributed by atoms with van der Waals surface area (Å²) in [4.78, 5) is 22.1. The van der Waals surface area contributed by atoms with Crippen LogP contribution < -0.4 is 10.2 Å². The van der Waals surface area contributed by atoms with Gasteiger partial charge in [-0.1, -0.05) is 0 Å². The van der Waals surface area contributed by atoms with Crippen molar-refractivity contribution < 1.29 is 4.79 Å².